The molecule has 0 spiro atoms. The zero-order valence-electron chi connectivity index (χ0n) is 15.4. The Bertz CT molecular complexity index is 758. The number of Topliss-reactive ketones (excluding diaryl/α,β-unsaturated/α-hetero) is 1. The molecule has 0 N–H and O–H groups in total. The first-order valence-corrected chi connectivity index (χ1v) is 8.77. The maximum atomic E-state index is 12.0. The van der Waals surface area contributed by atoms with Gasteiger partial charge in [-0.1, -0.05) is 44.5 Å². The topological polar surface area (TPSA) is 52.6 Å². The van der Waals surface area contributed by atoms with Crippen LogP contribution in [0.15, 0.2) is 48.5 Å². The van der Waals surface area contributed by atoms with Crippen molar-refractivity contribution in [2.75, 3.05) is 6.61 Å². The Kier molecular flexibility index (Phi) is 6.43. The van der Waals surface area contributed by atoms with Crippen LogP contribution in [0.5, 0.6) is 5.75 Å². The van der Waals surface area contributed by atoms with Crippen molar-refractivity contribution in [3.63, 3.8) is 0 Å². The monoisotopic (exact) mass is 374 g/mol. The maximum absolute atomic E-state index is 12.0. The van der Waals surface area contributed by atoms with Gasteiger partial charge in [0, 0.05) is 10.6 Å². The summed E-state index contributed by atoms with van der Waals surface area (Å²) in [7, 11) is 0. The van der Waals surface area contributed by atoms with E-state index >= 15 is 0 Å². The summed E-state index contributed by atoms with van der Waals surface area (Å²) in [5.74, 6) is -0.310. The van der Waals surface area contributed by atoms with Crippen molar-refractivity contribution >= 4 is 23.4 Å². The van der Waals surface area contributed by atoms with E-state index in [0.29, 0.717) is 16.3 Å². The number of hydrogen-bond donors (Lipinski definition) is 0. The van der Waals surface area contributed by atoms with Gasteiger partial charge in [0.05, 0.1) is 0 Å². The number of ether oxygens (including phenoxy) is 2. The largest absolute Gasteiger partial charge is 0.479 e. The number of esters is 1. The van der Waals surface area contributed by atoms with Crippen molar-refractivity contribution in [3.8, 4) is 5.75 Å². The smallest absolute Gasteiger partial charge is 0.347 e. The van der Waals surface area contributed by atoms with E-state index in [1.54, 1.807) is 31.2 Å². The second kappa shape index (κ2) is 8.37. The molecule has 0 fully saturated rings. The molecular formula is C21H23ClO4. The van der Waals surface area contributed by atoms with Crippen LogP contribution in [0.25, 0.3) is 0 Å². The number of halogens is 1. The molecule has 0 aliphatic rings. The van der Waals surface area contributed by atoms with E-state index in [4.69, 9.17) is 21.1 Å². The van der Waals surface area contributed by atoms with E-state index in [1.807, 2.05) is 24.3 Å². The van der Waals surface area contributed by atoms with Crippen LogP contribution in [0.1, 0.15) is 43.6 Å². The van der Waals surface area contributed by atoms with E-state index in [2.05, 4.69) is 20.8 Å². The Hall–Kier alpha value is -2.33. The van der Waals surface area contributed by atoms with Crippen LogP contribution >= 0.6 is 11.6 Å². The van der Waals surface area contributed by atoms with Gasteiger partial charge in [0.2, 0.25) is 0 Å². The lowest BCUT2D eigenvalue weighted by atomic mass is 9.87. The lowest BCUT2D eigenvalue weighted by Gasteiger charge is -2.20. The van der Waals surface area contributed by atoms with Gasteiger partial charge < -0.3 is 9.47 Å². The maximum Gasteiger partial charge on any atom is 0.347 e. The Morgan fingerprint density at radius 2 is 1.58 bits per heavy atom. The third-order valence-corrected chi connectivity index (χ3v) is 4.13. The van der Waals surface area contributed by atoms with Crippen LogP contribution in [-0.2, 0) is 14.9 Å². The number of benzene rings is 2. The summed E-state index contributed by atoms with van der Waals surface area (Å²) in [6, 6.07) is 14.0. The molecule has 0 radical (unpaired) electrons. The average molecular weight is 375 g/mol. The highest BCUT2D eigenvalue weighted by atomic mass is 35.5. The molecule has 26 heavy (non-hydrogen) atoms. The van der Waals surface area contributed by atoms with E-state index in [1.165, 1.54) is 5.56 Å². The van der Waals surface area contributed by atoms with Crippen molar-refractivity contribution in [3.05, 3.63) is 64.7 Å². The van der Waals surface area contributed by atoms with Gasteiger partial charge in [0.25, 0.3) is 0 Å². The fourth-order valence-electron chi connectivity index (χ4n) is 2.26. The van der Waals surface area contributed by atoms with E-state index in [0.717, 1.165) is 0 Å². The van der Waals surface area contributed by atoms with E-state index in [-0.39, 0.29) is 17.8 Å². The van der Waals surface area contributed by atoms with Crippen LogP contribution < -0.4 is 4.74 Å². The van der Waals surface area contributed by atoms with Gasteiger partial charge in [-0.25, -0.2) is 4.79 Å². The van der Waals surface area contributed by atoms with Gasteiger partial charge in [-0.2, -0.15) is 0 Å². The number of hydrogen-bond acceptors (Lipinski definition) is 4. The average Bonchev–Trinajstić information content (AvgIpc) is 2.59. The summed E-state index contributed by atoms with van der Waals surface area (Å²) in [4.78, 5) is 24.1. The molecule has 0 bridgehead atoms. The summed E-state index contributed by atoms with van der Waals surface area (Å²) < 4.78 is 10.6. The summed E-state index contributed by atoms with van der Waals surface area (Å²) in [5.41, 5.74) is 1.66. The SMILES string of the molecule is C[C@@H](Oc1ccc(C(C)(C)C)cc1)C(=O)OCC(=O)c1ccc(Cl)cc1. The summed E-state index contributed by atoms with van der Waals surface area (Å²) >= 11 is 5.78. The second-order valence-electron chi connectivity index (χ2n) is 7.07. The first-order chi connectivity index (χ1) is 12.2. The third kappa shape index (κ3) is 5.60. The standard InChI is InChI=1S/C21H23ClO4/c1-14(26-18-11-7-16(8-12-18)21(2,3)4)20(24)25-13-19(23)15-5-9-17(22)10-6-15/h5-12,14H,13H2,1-4H3/t14-/m1/s1. The summed E-state index contributed by atoms with van der Waals surface area (Å²) in [5, 5.41) is 0.540. The molecule has 0 aromatic heterocycles. The van der Waals surface area contributed by atoms with Crippen molar-refractivity contribution in [2.24, 2.45) is 0 Å². The highest BCUT2D eigenvalue weighted by Crippen LogP contribution is 2.24. The first kappa shape index (κ1) is 20.0. The van der Waals surface area contributed by atoms with Gasteiger partial charge in [-0.3, -0.25) is 4.79 Å². The summed E-state index contributed by atoms with van der Waals surface area (Å²) in [6.07, 6.45) is -0.812. The highest BCUT2D eigenvalue weighted by molar-refractivity contribution is 6.30. The lowest BCUT2D eigenvalue weighted by Crippen LogP contribution is -2.28. The predicted octanol–water partition coefficient (Wildman–Crippen LogP) is 4.83. The molecule has 0 aliphatic heterocycles. The Labute approximate surface area is 159 Å². The molecular weight excluding hydrogens is 352 g/mol. The number of carbonyl (C=O) groups is 2. The van der Waals surface area contributed by atoms with Crippen LogP contribution in [0.2, 0.25) is 5.02 Å². The van der Waals surface area contributed by atoms with Gasteiger partial charge >= 0.3 is 5.97 Å². The molecule has 138 valence electrons. The predicted molar refractivity (Wildman–Crippen MR) is 102 cm³/mol. The third-order valence-electron chi connectivity index (χ3n) is 3.88. The fourth-order valence-corrected chi connectivity index (χ4v) is 2.38. The van der Waals surface area contributed by atoms with Crippen LogP contribution in [-0.4, -0.2) is 24.5 Å². The zero-order chi connectivity index (χ0) is 19.3. The minimum atomic E-state index is -0.812. The number of ketones is 1. The zero-order valence-corrected chi connectivity index (χ0v) is 16.2. The molecule has 2 aromatic carbocycles. The van der Waals surface area contributed by atoms with Gasteiger partial charge in [0.15, 0.2) is 18.5 Å². The molecule has 0 aliphatic carbocycles. The van der Waals surface area contributed by atoms with E-state index < -0.39 is 12.1 Å². The van der Waals surface area contributed by atoms with Crippen LogP contribution in [0.4, 0.5) is 0 Å². The number of rotatable bonds is 6. The first-order valence-electron chi connectivity index (χ1n) is 8.39. The lowest BCUT2D eigenvalue weighted by molar-refractivity contribution is -0.149. The number of carbonyl (C=O) groups excluding carboxylic acids is 2. The van der Waals surface area contributed by atoms with Gasteiger partial charge in [0.1, 0.15) is 5.75 Å². The second-order valence-corrected chi connectivity index (χ2v) is 7.51. The fraction of sp³-hybridized carbons (Fsp3) is 0.333. The van der Waals surface area contributed by atoms with Crippen LogP contribution in [0.3, 0.4) is 0 Å². The van der Waals surface area contributed by atoms with Crippen LogP contribution in [0, 0.1) is 0 Å². The minimum absolute atomic E-state index is 0.0467. The molecule has 2 aromatic rings. The Balaban J connectivity index is 1.87. The van der Waals surface area contributed by atoms with Crippen molar-refractivity contribution in [1.29, 1.82) is 0 Å². The molecule has 2 rings (SSSR count). The minimum Gasteiger partial charge on any atom is -0.479 e. The molecule has 5 heteroatoms. The molecule has 4 nitrogen and oxygen atoms in total. The van der Waals surface area contributed by atoms with E-state index in [9.17, 15) is 9.59 Å². The van der Waals surface area contributed by atoms with Crippen molar-refractivity contribution in [1.82, 2.24) is 0 Å². The molecule has 0 amide bonds. The van der Waals surface area contributed by atoms with Crippen molar-refractivity contribution in [2.45, 2.75) is 39.2 Å². The highest BCUT2D eigenvalue weighted by Gasteiger charge is 2.19. The molecule has 0 unspecified atom stereocenters. The Morgan fingerprint density at radius 3 is 2.12 bits per heavy atom. The Morgan fingerprint density at radius 1 is 1.00 bits per heavy atom. The quantitative estimate of drug-likeness (QED) is 0.536. The molecule has 0 saturated carbocycles. The molecule has 1 atom stereocenters. The molecule has 0 heterocycles. The normalized spacial score (nSPS) is 12.3. The molecule has 0 saturated heterocycles. The van der Waals surface area contributed by atoms with Gasteiger partial charge in [-0.15, -0.1) is 0 Å². The van der Waals surface area contributed by atoms with Gasteiger partial charge in [-0.05, 0) is 54.3 Å². The summed E-state index contributed by atoms with van der Waals surface area (Å²) in [6.45, 7) is 7.63. The van der Waals surface area contributed by atoms with Crippen molar-refractivity contribution < 1.29 is 19.1 Å².